The number of aromatic nitrogens is 1. The van der Waals surface area contributed by atoms with Gasteiger partial charge in [-0.15, -0.1) is 11.3 Å². The van der Waals surface area contributed by atoms with E-state index in [9.17, 15) is 9.59 Å². The maximum absolute atomic E-state index is 12.6. The molecule has 0 saturated carbocycles. The van der Waals surface area contributed by atoms with Crippen molar-refractivity contribution in [2.75, 3.05) is 30.5 Å². The van der Waals surface area contributed by atoms with Crippen LogP contribution in [0.4, 0.5) is 10.8 Å². The van der Waals surface area contributed by atoms with Gasteiger partial charge in [0.25, 0.3) is 5.91 Å². The highest BCUT2D eigenvalue weighted by Crippen LogP contribution is 2.33. The molecule has 0 fully saturated rings. The number of ether oxygens (including phenoxy) is 2. The zero-order chi connectivity index (χ0) is 20.4. The highest BCUT2D eigenvalue weighted by Gasteiger charge is 2.27. The van der Waals surface area contributed by atoms with Crippen LogP contribution in [0.2, 0.25) is 0 Å². The van der Waals surface area contributed by atoms with Gasteiger partial charge in [-0.1, -0.05) is 12.1 Å². The first-order valence-electron chi connectivity index (χ1n) is 8.99. The van der Waals surface area contributed by atoms with E-state index in [1.54, 1.807) is 25.3 Å². The van der Waals surface area contributed by atoms with E-state index in [1.165, 1.54) is 16.2 Å². The van der Waals surface area contributed by atoms with Gasteiger partial charge < -0.3 is 14.8 Å². The molecule has 29 heavy (non-hydrogen) atoms. The number of anilines is 2. The van der Waals surface area contributed by atoms with Crippen LogP contribution in [0.15, 0.2) is 48.5 Å². The Morgan fingerprint density at radius 1 is 1.24 bits per heavy atom. The van der Waals surface area contributed by atoms with Crippen LogP contribution in [-0.2, 0) is 9.59 Å². The topological polar surface area (TPSA) is 80.8 Å². The summed E-state index contributed by atoms with van der Waals surface area (Å²) in [5, 5.41) is 3.30. The largest absolute Gasteiger partial charge is 0.497 e. The lowest BCUT2D eigenvalue weighted by Gasteiger charge is -2.28. The molecular formula is C21H19N3O4S. The molecule has 8 heteroatoms. The van der Waals surface area contributed by atoms with Crippen molar-refractivity contribution in [3.05, 3.63) is 53.4 Å². The van der Waals surface area contributed by atoms with Crippen LogP contribution < -0.4 is 19.7 Å². The summed E-state index contributed by atoms with van der Waals surface area (Å²) in [5.74, 6) is 0.788. The molecule has 0 bridgehead atoms. The summed E-state index contributed by atoms with van der Waals surface area (Å²) >= 11 is 1.39. The molecule has 1 N–H and O–H groups in total. The molecule has 1 aromatic heterocycles. The maximum Gasteiger partial charge on any atom is 0.265 e. The van der Waals surface area contributed by atoms with E-state index in [4.69, 9.17) is 9.47 Å². The van der Waals surface area contributed by atoms with Crippen LogP contribution in [0.5, 0.6) is 11.5 Å². The fourth-order valence-electron chi connectivity index (χ4n) is 3.10. The van der Waals surface area contributed by atoms with Crippen LogP contribution in [-0.4, -0.2) is 37.1 Å². The number of rotatable bonds is 5. The standard InChI is InChI=1S/C21H19N3O4S/c1-13-20(14-7-9-15(27-2)10-8-14)23-21(29-13)22-18(25)11-24-16-5-3-4-6-17(16)28-12-19(24)26/h3-10H,11-12H2,1-2H3,(H,22,23,25). The molecule has 2 aromatic carbocycles. The molecule has 0 atom stereocenters. The van der Waals surface area contributed by atoms with Gasteiger partial charge in [0.2, 0.25) is 5.91 Å². The summed E-state index contributed by atoms with van der Waals surface area (Å²) in [6, 6.07) is 14.8. The predicted molar refractivity (Wildman–Crippen MR) is 112 cm³/mol. The zero-order valence-electron chi connectivity index (χ0n) is 16.0. The molecular weight excluding hydrogens is 390 g/mol. The van der Waals surface area contributed by atoms with E-state index in [0.29, 0.717) is 16.6 Å². The molecule has 2 amide bonds. The minimum atomic E-state index is -0.315. The van der Waals surface area contributed by atoms with Gasteiger partial charge in [-0.2, -0.15) is 0 Å². The number of nitrogens with one attached hydrogen (secondary N) is 1. The number of hydrogen-bond donors (Lipinski definition) is 1. The second-order valence-corrected chi connectivity index (χ2v) is 7.64. The van der Waals surface area contributed by atoms with Crippen molar-refractivity contribution < 1.29 is 19.1 Å². The minimum Gasteiger partial charge on any atom is -0.497 e. The normalized spacial score (nSPS) is 12.9. The van der Waals surface area contributed by atoms with Gasteiger partial charge >= 0.3 is 0 Å². The fraction of sp³-hybridized carbons (Fsp3) is 0.190. The Balaban J connectivity index is 1.49. The molecule has 0 spiro atoms. The molecule has 2 heterocycles. The molecule has 0 unspecified atom stereocenters. The molecule has 0 aliphatic carbocycles. The minimum absolute atomic E-state index is 0.0811. The van der Waals surface area contributed by atoms with E-state index in [-0.39, 0.29) is 25.0 Å². The third-order valence-electron chi connectivity index (χ3n) is 4.52. The molecule has 0 saturated heterocycles. The van der Waals surface area contributed by atoms with Gasteiger partial charge in [0.05, 0.1) is 18.5 Å². The van der Waals surface area contributed by atoms with Crippen LogP contribution in [0.3, 0.4) is 0 Å². The Morgan fingerprint density at radius 3 is 2.76 bits per heavy atom. The van der Waals surface area contributed by atoms with Crippen LogP contribution >= 0.6 is 11.3 Å². The number of para-hydroxylation sites is 2. The van der Waals surface area contributed by atoms with E-state index in [1.807, 2.05) is 37.3 Å². The summed E-state index contributed by atoms with van der Waals surface area (Å²) in [4.78, 5) is 31.8. The number of nitrogens with zero attached hydrogens (tertiary/aromatic N) is 2. The van der Waals surface area contributed by atoms with Crippen molar-refractivity contribution in [3.8, 4) is 22.8 Å². The summed E-state index contributed by atoms with van der Waals surface area (Å²) in [5.41, 5.74) is 2.34. The predicted octanol–water partition coefficient (Wildman–Crippen LogP) is 3.49. The number of hydrogen-bond acceptors (Lipinski definition) is 6. The summed E-state index contributed by atoms with van der Waals surface area (Å²) in [6.07, 6.45) is 0. The number of thiazole rings is 1. The molecule has 3 aromatic rings. The molecule has 7 nitrogen and oxygen atoms in total. The van der Waals surface area contributed by atoms with Gasteiger partial charge in [-0.3, -0.25) is 14.5 Å². The van der Waals surface area contributed by atoms with Gasteiger partial charge in [0, 0.05) is 10.4 Å². The number of benzene rings is 2. The number of fused-ring (bicyclic) bond motifs is 1. The number of carbonyl (C=O) groups excluding carboxylic acids is 2. The average molecular weight is 409 g/mol. The maximum atomic E-state index is 12.6. The van der Waals surface area contributed by atoms with E-state index in [0.717, 1.165) is 21.9 Å². The summed E-state index contributed by atoms with van der Waals surface area (Å²) in [7, 11) is 1.62. The van der Waals surface area contributed by atoms with Gasteiger partial charge in [-0.25, -0.2) is 4.98 Å². The Hall–Kier alpha value is -3.39. The first-order valence-corrected chi connectivity index (χ1v) is 9.80. The Bertz CT molecular complexity index is 1060. The van der Waals surface area contributed by atoms with Crippen molar-refractivity contribution >= 4 is 34.0 Å². The first kappa shape index (κ1) is 18.9. The molecule has 1 aliphatic rings. The molecule has 0 radical (unpaired) electrons. The Labute approximate surface area is 171 Å². The van der Waals surface area contributed by atoms with Crippen molar-refractivity contribution in [2.24, 2.45) is 0 Å². The zero-order valence-corrected chi connectivity index (χ0v) is 16.8. The SMILES string of the molecule is COc1ccc(-c2nc(NC(=O)CN3C(=O)COc4ccccc43)sc2C)cc1. The first-order chi connectivity index (χ1) is 14.0. The van der Waals surface area contributed by atoms with E-state index >= 15 is 0 Å². The number of aryl methyl sites for hydroxylation is 1. The lowest BCUT2D eigenvalue weighted by molar-refractivity contribution is -0.123. The van der Waals surface area contributed by atoms with Gasteiger partial charge in [-0.05, 0) is 43.3 Å². The highest BCUT2D eigenvalue weighted by molar-refractivity contribution is 7.16. The number of methoxy groups -OCH3 is 1. The van der Waals surface area contributed by atoms with Crippen molar-refractivity contribution in [1.29, 1.82) is 0 Å². The second-order valence-electron chi connectivity index (χ2n) is 6.44. The Morgan fingerprint density at radius 2 is 2.00 bits per heavy atom. The fourth-order valence-corrected chi connectivity index (χ4v) is 3.95. The number of carbonyl (C=O) groups is 2. The lowest BCUT2D eigenvalue weighted by atomic mass is 10.1. The van der Waals surface area contributed by atoms with Crippen molar-refractivity contribution in [1.82, 2.24) is 4.98 Å². The van der Waals surface area contributed by atoms with Crippen molar-refractivity contribution in [3.63, 3.8) is 0 Å². The second kappa shape index (κ2) is 7.92. The van der Waals surface area contributed by atoms with Crippen LogP contribution in [0.25, 0.3) is 11.3 Å². The summed E-state index contributed by atoms with van der Waals surface area (Å²) < 4.78 is 10.6. The molecule has 1 aliphatic heterocycles. The third kappa shape index (κ3) is 3.93. The van der Waals surface area contributed by atoms with Crippen molar-refractivity contribution in [2.45, 2.75) is 6.92 Å². The third-order valence-corrected chi connectivity index (χ3v) is 5.40. The monoisotopic (exact) mass is 409 g/mol. The average Bonchev–Trinajstić information content (AvgIpc) is 3.10. The molecule has 4 rings (SSSR count). The van der Waals surface area contributed by atoms with Crippen LogP contribution in [0, 0.1) is 6.92 Å². The lowest BCUT2D eigenvalue weighted by Crippen LogP contribution is -2.43. The number of amides is 2. The quantitative estimate of drug-likeness (QED) is 0.698. The van der Waals surface area contributed by atoms with E-state index in [2.05, 4.69) is 10.3 Å². The smallest absolute Gasteiger partial charge is 0.265 e. The summed E-state index contributed by atoms with van der Waals surface area (Å²) in [6.45, 7) is 1.77. The Kier molecular flexibility index (Phi) is 5.18. The van der Waals surface area contributed by atoms with Gasteiger partial charge in [0.15, 0.2) is 11.7 Å². The highest BCUT2D eigenvalue weighted by atomic mass is 32.1. The molecule has 148 valence electrons. The van der Waals surface area contributed by atoms with Gasteiger partial charge in [0.1, 0.15) is 18.0 Å². The van der Waals surface area contributed by atoms with E-state index < -0.39 is 0 Å². The van der Waals surface area contributed by atoms with Crippen LogP contribution in [0.1, 0.15) is 4.88 Å².